The molecule has 2 aromatic heterocycles. The Hall–Kier alpha value is -1.66. The zero-order chi connectivity index (χ0) is 14.5. The van der Waals surface area contributed by atoms with Crippen LogP contribution >= 0.6 is 22.7 Å². The number of hydrogen-bond acceptors (Lipinski definition) is 4. The predicted molar refractivity (Wildman–Crippen MR) is 82.1 cm³/mol. The molecular formula is C14H16N2O2S2. The molecule has 1 unspecified atom stereocenters. The summed E-state index contributed by atoms with van der Waals surface area (Å²) in [5, 5.41) is 9.36. The van der Waals surface area contributed by atoms with E-state index < -0.39 is 6.04 Å². The standard InChI is InChI=1S/C14H16N2O2S2/c1-9-5-7-20-12(9)8-15-13(17)10(2)16-14(18)11-4-3-6-19-11/h3-7,10H,8H2,1-2H3,(H,15,17)(H,16,18). The summed E-state index contributed by atoms with van der Waals surface area (Å²) < 4.78 is 0. The van der Waals surface area contributed by atoms with Gasteiger partial charge in [-0.15, -0.1) is 22.7 Å². The Morgan fingerprint density at radius 3 is 2.65 bits per heavy atom. The average molecular weight is 308 g/mol. The van der Waals surface area contributed by atoms with Crippen LogP contribution in [-0.4, -0.2) is 17.9 Å². The van der Waals surface area contributed by atoms with Gasteiger partial charge in [-0.3, -0.25) is 9.59 Å². The number of aryl methyl sites for hydroxylation is 1. The summed E-state index contributed by atoms with van der Waals surface area (Å²) in [5.74, 6) is -0.391. The Kier molecular flexibility index (Phi) is 4.92. The van der Waals surface area contributed by atoms with Crippen molar-refractivity contribution in [2.75, 3.05) is 0 Å². The monoisotopic (exact) mass is 308 g/mol. The van der Waals surface area contributed by atoms with Crippen molar-refractivity contribution in [2.45, 2.75) is 26.4 Å². The SMILES string of the molecule is Cc1ccsc1CNC(=O)C(C)NC(=O)c1cccs1. The Morgan fingerprint density at radius 1 is 1.25 bits per heavy atom. The lowest BCUT2D eigenvalue weighted by Gasteiger charge is -2.13. The van der Waals surface area contributed by atoms with Gasteiger partial charge in [-0.05, 0) is 42.3 Å². The van der Waals surface area contributed by atoms with Gasteiger partial charge in [-0.2, -0.15) is 0 Å². The van der Waals surface area contributed by atoms with E-state index in [4.69, 9.17) is 0 Å². The van der Waals surface area contributed by atoms with Crippen LogP contribution in [0.3, 0.4) is 0 Å². The van der Waals surface area contributed by atoms with Crippen LogP contribution < -0.4 is 10.6 Å². The second kappa shape index (κ2) is 6.67. The van der Waals surface area contributed by atoms with Crippen LogP contribution in [0.25, 0.3) is 0 Å². The second-order valence-corrected chi connectivity index (χ2v) is 6.37. The third-order valence-corrected chi connectivity index (χ3v) is 4.77. The van der Waals surface area contributed by atoms with Gasteiger partial charge in [0, 0.05) is 4.88 Å². The van der Waals surface area contributed by atoms with Gasteiger partial charge in [-0.1, -0.05) is 6.07 Å². The van der Waals surface area contributed by atoms with Crippen molar-refractivity contribution in [3.63, 3.8) is 0 Å². The summed E-state index contributed by atoms with van der Waals surface area (Å²) in [6.45, 7) is 4.20. The van der Waals surface area contributed by atoms with Crippen molar-refractivity contribution in [3.8, 4) is 0 Å². The third-order valence-electron chi connectivity index (χ3n) is 2.88. The van der Waals surface area contributed by atoms with Crippen molar-refractivity contribution in [1.82, 2.24) is 10.6 Å². The maximum absolute atomic E-state index is 11.9. The Morgan fingerprint density at radius 2 is 2.05 bits per heavy atom. The van der Waals surface area contributed by atoms with Crippen LogP contribution in [0.1, 0.15) is 27.0 Å². The highest BCUT2D eigenvalue weighted by molar-refractivity contribution is 7.12. The first-order chi connectivity index (χ1) is 9.58. The minimum atomic E-state index is -0.551. The van der Waals surface area contributed by atoms with E-state index in [0.717, 1.165) is 4.88 Å². The highest BCUT2D eigenvalue weighted by Gasteiger charge is 2.17. The lowest BCUT2D eigenvalue weighted by atomic mass is 10.2. The van der Waals surface area contributed by atoms with Crippen molar-refractivity contribution in [3.05, 3.63) is 44.3 Å². The molecule has 0 aliphatic rings. The summed E-state index contributed by atoms with van der Waals surface area (Å²) in [5.41, 5.74) is 1.17. The lowest BCUT2D eigenvalue weighted by Crippen LogP contribution is -2.44. The van der Waals surface area contributed by atoms with E-state index in [-0.39, 0.29) is 11.8 Å². The number of carbonyl (C=O) groups is 2. The summed E-state index contributed by atoms with van der Waals surface area (Å²) in [7, 11) is 0. The fourth-order valence-corrected chi connectivity index (χ4v) is 3.12. The minimum Gasteiger partial charge on any atom is -0.349 e. The molecule has 0 fully saturated rings. The Labute approximate surface area is 125 Å². The summed E-state index contributed by atoms with van der Waals surface area (Å²) >= 11 is 2.97. The quantitative estimate of drug-likeness (QED) is 0.892. The molecule has 0 spiro atoms. The molecule has 20 heavy (non-hydrogen) atoms. The molecule has 0 saturated carbocycles. The van der Waals surface area contributed by atoms with E-state index >= 15 is 0 Å². The largest absolute Gasteiger partial charge is 0.349 e. The molecule has 0 saturated heterocycles. The molecule has 1 atom stereocenters. The average Bonchev–Trinajstić information content (AvgIpc) is 3.07. The molecule has 2 amide bonds. The molecule has 0 bridgehead atoms. The van der Waals surface area contributed by atoms with Gasteiger partial charge in [0.15, 0.2) is 0 Å². The van der Waals surface area contributed by atoms with Gasteiger partial charge in [0.1, 0.15) is 6.04 Å². The molecule has 6 heteroatoms. The molecule has 0 radical (unpaired) electrons. The van der Waals surface area contributed by atoms with Crippen LogP contribution in [0.2, 0.25) is 0 Å². The highest BCUT2D eigenvalue weighted by atomic mass is 32.1. The molecule has 0 aliphatic heterocycles. The molecule has 2 N–H and O–H groups in total. The maximum Gasteiger partial charge on any atom is 0.261 e. The van der Waals surface area contributed by atoms with Gasteiger partial charge in [0.05, 0.1) is 11.4 Å². The second-order valence-electron chi connectivity index (χ2n) is 4.42. The van der Waals surface area contributed by atoms with Crippen molar-refractivity contribution in [2.24, 2.45) is 0 Å². The molecule has 4 nitrogen and oxygen atoms in total. The number of rotatable bonds is 5. The summed E-state index contributed by atoms with van der Waals surface area (Å²) in [4.78, 5) is 25.5. The summed E-state index contributed by atoms with van der Waals surface area (Å²) in [6.07, 6.45) is 0. The van der Waals surface area contributed by atoms with Crippen molar-refractivity contribution >= 4 is 34.5 Å². The van der Waals surface area contributed by atoms with E-state index in [1.807, 2.05) is 29.8 Å². The van der Waals surface area contributed by atoms with Gasteiger partial charge in [0.2, 0.25) is 5.91 Å². The first-order valence-corrected chi connectivity index (χ1v) is 7.99. The fourth-order valence-electron chi connectivity index (χ4n) is 1.65. The van der Waals surface area contributed by atoms with E-state index in [9.17, 15) is 9.59 Å². The van der Waals surface area contributed by atoms with E-state index in [1.54, 1.807) is 24.3 Å². The zero-order valence-corrected chi connectivity index (χ0v) is 12.9. The molecular weight excluding hydrogens is 292 g/mol. The maximum atomic E-state index is 11.9. The van der Waals surface area contributed by atoms with E-state index in [2.05, 4.69) is 10.6 Å². The van der Waals surface area contributed by atoms with Crippen LogP contribution in [-0.2, 0) is 11.3 Å². The Balaban J connectivity index is 1.83. The highest BCUT2D eigenvalue weighted by Crippen LogP contribution is 2.14. The molecule has 2 heterocycles. The fraction of sp³-hybridized carbons (Fsp3) is 0.286. The first kappa shape index (κ1) is 14.7. The smallest absolute Gasteiger partial charge is 0.261 e. The van der Waals surface area contributed by atoms with E-state index in [1.165, 1.54) is 16.9 Å². The minimum absolute atomic E-state index is 0.178. The normalized spacial score (nSPS) is 11.9. The van der Waals surface area contributed by atoms with Gasteiger partial charge in [0.25, 0.3) is 5.91 Å². The summed E-state index contributed by atoms with van der Waals surface area (Å²) in [6, 6.07) is 5.02. The first-order valence-electron chi connectivity index (χ1n) is 6.23. The van der Waals surface area contributed by atoms with Gasteiger partial charge < -0.3 is 10.6 Å². The number of amides is 2. The molecule has 2 aromatic rings. The Bertz CT molecular complexity index is 590. The van der Waals surface area contributed by atoms with Crippen molar-refractivity contribution < 1.29 is 9.59 Å². The zero-order valence-electron chi connectivity index (χ0n) is 11.3. The van der Waals surface area contributed by atoms with Crippen LogP contribution in [0.5, 0.6) is 0 Å². The molecule has 106 valence electrons. The van der Waals surface area contributed by atoms with Crippen molar-refractivity contribution in [1.29, 1.82) is 0 Å². The van der Waals surface area contributed by atoms with Crippen LogP contribution in [0, 0.1) is 6.92 Å². The predicted octanol–water partition coefficient (Wildman–Crippen LogP) is 2.55. The van der Waals surface area contributed by atoms with Crippen LogP contribution in [0.4, 0.5) is 0 Å². The lowest BCUT2D eigenvalue weighted by molar-refractivity contribution is -0.122. The van der Waals surface area contributed by atoms with Gasteiger partial charge >= 0.3 is 0 Å². The van der Waals surface area contributed by atoms with Crippen LogP contribution in [0.15, 0.2) is 29.0 Å². The van der Waals surface area contributed by atoms with Gasteiger partial charge in [-0.25, -0.2) is 0 Å². The molecule has 2 rings (SSSR count). The third kappa shape index (κ3) is 3.68. The molecule has 0 aromatic carbocycles. The topological polar surface area (TPSA) is 58.2 Å². The number of thiophene rings is 2. The number of hydrogen-bond donors (Lipinski definition) is 2. The van der Waals surface area contributed by atoms with E-state index in [0.29, 0.717) is 11.4 Å². The molecule has 0 aliphatic carbocycles. The number of carbonyl (C=O) groups excluding carboxylic acids is 2. The number of nitrogens with one attached hydrogen (secondary N) is 2.